The number of thioether (sulfide) groups is 1. The van der Waals surface area contributed by atoms with E-state index in [1.165, 1.54) is 0 Å². The van der Waals surface area contributed by atoms with Crippen molar-refractivity contribution in [3.63, 3.8) is 0 Å². The van der Waals surface area contributed by atoms with Crippen LogP contribution < -0.4 is 14.8 Å². The molecule has 0 unspecified atom stereocenters. The highest BCUT2D eigenvalue weighted by molar-refractivity contribution is 8.18. The molecule has 8 heteroatoms. The summed E-state index contributed by atoms with van der Waals surface area (Å²) in [5.41, 5.74) is 3.48. The van der Waals surface area contributed by atoms with E-state index in [1.807, 2.05) is 32.9 Å². The van der Waals surface area contributed by atoms with Crippen LogP contribution in [0.3, 0.4) is 0 Å². The number of nitrogens with zero attached hydrogens (tertiary/aromatic N) is 1. The number of aryl methyl sites for hydroxylation is 2. The second-order valence-electron chi connectivity index (χ2n) is 8.46. The van der Waals surface area contributed by atoms with Crippen molar-refractivity contribution < 1.29 is 23.9 Å². The first-order valence-electron chi connectivity index (χ1n) is 11.2. The standard InChI is InChI=1S/C26H30N2O5S/c1-6-32-22-12-19(8-10-21(22)33-15-16(2)3)13-23-25(30)28(26(31)34-23)14-24(29)27-20-9-7-17(4)18(5)11-20/h7-13,16H,6,14-15H2,1-5H3,(H,27,29)/b23-13-. The van der Waals surface area contributed by atoms with Gasteiger partial charge in [0.15, 0.2) is 11.5 Å². The second kappa shape index (κ2) is 11.2. The number of carbonyl (C=O) groups is 3. The topological polar surface area (TPSA) is 84.9 Å². The molecule has 0 radical (unpaired) electrons. The van der Waals surface area contributed by atoms with Crippen molar-refractivity contribution in [3.8, 4) is 11.5 Å². The number of benzene rings is 2. The van der Waals surface area contributed by atoms with Crippen LogP contribution in [-0.4, -0.2) is 41.7 Å². The highest BCUT2D eigenvalue weighted by Crippen LogP contribution is 2.34. The Bertz CT molecular complexity index is 1130. The van der Waals surface area contributed by atoms with E-state index < -0.39 is 17.1 Å². The fourth-order valence-corrected chi connectivity index (χ4v) is 4.05. The average Bonchev–Trinajstić information content (AvgIpc) is 3.03. The SMILES string of the molecule is CCOc1cc(/C=C2\SC(=O)N(CC(=O)Nc3ccc(C)c(C)c3)C2=O)ccc1OCC(C)C. The summed E-state index contributed by atoms with van der Waals surface area (Å²) in [5, 5.41) is 2.27. The molecule has 1 N–H and O–H groups in total. The van der Waals surface area contributed by atoms with Gasteiger partial charge in [-0.15, -0.1) is 0 Å². The third kappa shape index (κ3) is 6.41. The molecule has 1 saturated heterocycles. The number of anilines is 1. The van der Waals surface area contributed by atoms with Gasteiger partial charge in [-0.05, 0) is 85.5 Å². The fourth-order valence-electron chi connectivity index (χ4n) is 3.21. The van der Waals surface area contributed by atoms with E-state index in [2.05, 4.69) is 19.2 Å². The molecule has 0 atom stereocenters. The average molecular weight is 483 g/mol. The van der Waals surface area contributed by atoms with Crippen molar-refractivity contribution >= 4 is 40.6 Å². The van der Waals surface area contributed by atoms with Crippen molar-refractivity contribution in [1.29, 1.82) is 0 Å². The van der Waals surface area contributed by atoms with Gasteiger partial charge in [0.1, 0.15) is 6.54 Å². The summed E-state index contributed by atoms with van der Waals surface area (Å²) in [4.78, 5) is 39.0. The van der Waals surface area contributed by atoms with Gasteiger partial charge in [0.05, 0.1) is 18.1 Å². The van der Waals surface area contributed by atoms with E-state index in [-0.39, 0.29) is 11.4 Å². The molecule has 1 heterocycles. The maximum Gasteiger partial charge on any atom is 0.294 e. The van der Waals surface area contributed by atoms with Gasteiger partial charge < -0.3 is 14.8 Å². The number of hydrogen-bond acceptors (Lipinski definition) is 6. The molecule has 34 heavy (non-hydrogen) atoms. The summed E-state index contributed by atoms with van der Waals surface area (Å²) in [5.74, 6) is 0.640. The van der Waals surface area contributed by atoms with Crippen LogP contribution in [0.25, 0.3) is 6.08 Å². The highest BCUT2D eigenvalue weighted by atomic mass is 32.2. The molecular weight excluding hydrogens is 452 g/mol. The monoisotopic (exact) mass is 482 g/mol. The van der Waals surface area contributed by atoms with E-state index >= 15 is 0 Å². The summed E-state index contributed by atoms with van der Waals surface area (Å²) in [6, 6.07) is 10.9. The summed E-state index contributed by atoms with van der Waals surface area (Å²) in [6.45, 7) is 10.6. The predicted molar refractivity (Wildman–Crippen MR) is 135 cm³/mol. The number of nitrogens with one attached hydrogen (secondary N) is 1. The van der Waals surface area contributed by atoms with Crippen LogP contribution >= 0.6 is 11.8 Å². The Kier molecular flexibility index (Phi) is 8.39. The molecule has 0 aromatic heterocycles. The Labute approximate surface area is 204 Å². The van der Waals surface area contributed by atoms with Crippen molar-refractivity contribution in [3.05, 3.63) is 58.0 Å². The van der Waals surface area contributed by atoms with Gasteiger partial charge in [0.2, 0.25) is 5.91 Å². The number of amides is 3. The van der Waals surface area contributed by atoms with Crippen molar-refractivity contribution in [2.24, 2.45) is 5.92 Å². The first-order chi connectivity index (χ1) is 16.2. The summed E-state index contributed by atoms with van der Waals surface area (Å²) < 4.78 is 11.5. The Morgan fingerprint density at radius 1 is 1.06 bits per heavy atom. The van der Waals surface area contributed by atoms with Crippen LogP contribution in [0.2, 0.25) is 0 Å². The minimum atomic E-state index is -0.497. The minimum Gasteiger partial charge on any atom is -0.490 e. The third-order valence-electron chi connectivity index (χ3n) is 5.10. The summed E-state index contributed by atoms with van der Waals surface area (Å²) in [6.07, 6.45) is 1.63. The summed E-state index contributed by atoms with van der Waals surface area (Å²) in [7, 11) is 0. The van der Waals surface area contributed by atoms with Gasteiger partial charge in [-0.1, -0.05) is 26.0 Å². The second-order valence-corrected chi connectivity index (χ2v) is 9.45. The minimum absolute atomic E-state index is 0.252. The third-order valence-corrected chi connectivity index (χ3v) is 6.01. The normalized spacial score (nSPS) is 14.8. The molecule has 1 aliphatic heterocycles. The zero-order valence-corrected chi connectivity index (χ0v) is 21.0. The quantitative estimate of drug-likeness (QED) is 0.481. The smallest absolute Gasteiger partial charge is 0.294 e. The molecule has 1 fully saturated rings. The Hall–Kier alpha value is -3.26. The molecule has 2 aromatic carbocycles. The number of rotatable bonds is 9. The largest absolute Gasteiger partial charge is 0.490 e. The van der Waals surface area contributed by atoms with Crippen LogP contribution in [0.1, 0.15) is 37.5 Å². The lowest BCUT2D eigenvalue weighted by molar-refractivity contribution is -0.127. The van der Waals surface area contributed by atoms with E-state index in [1.54, 1.807) is 30.3 Å². The van der Waals surface area contributed by atoms with Gasteiger partial charge >= 0.3 is 0 Å². The van der Waals surface area contributed by atoms with Gasteiger partial charge in [-0.25, -0.2) is 0 Å². The molecule has 3 amide bonds. The van der Waals surface area contributed by atoms with Gasteiger partial charge in [-0.3, -0.25) is 19.3 Å². The van der Waals surface area contributed by atoms with E-state index in [9.17, 15) is 14.4 Å². The molecule has 0 saturated carbocycles. The van der Waals surface area contributed by atoms with Crippen LogP contribution in [-0.2, 0) is 9.59 Å². The zero-order chi connectivity index (χ0) is 24.8. The van der Waals surface area contributed by atoms with Gasteiger partial charge in [0, 0.05) is 5.69 Å². The molecule has 7 nitrogen and oxygen atoms in total. The molecule has 0 bridgehead atoms. The van der Waals surface area contributed by atoms with E-state index in [4.69, 9.17) is 9.47 Å². The molecule has 180 valence electrons. The lowest BCUT2D eigenvalue weighted by Gasteiger charge is -2.14. The predicted octanol–water partition coefficient (Wildman–Crippen LogP) is 5.41. The number of ether oxygens (including phenoxy) is 2. The van der Waals surface area contributed by atoms with Gasteiger partial charge in [0.25, 0.3) is 11.1 Å². The highest BCUT2D eigenvalue weighted by Gasteiger charge is 2.36. The summed E-state index contributed by atoms with van der Waals surface area (Å²) >= 11 is 0.813. The van der Waals surface area contributed by atoms with Crippen LogP contribution in [0.4, 0.5) is 10.5 Å². The fraction of sp³-hybridized carbons (Fsp3) is 0.346. The lowest BCUT2D eigenvalue weighted by atomic mass is 10.1. The first kappa shape index (κ1) is 25.4. The first-order valence-corrected chi connectivity index (χ1v) is 12.0. The maximum absolute atomic E-state index is 12.8. The Balaban J connectivity index is 1.71. The molecule has 3 rings (SSSR count). The Morgan fingerprint density at radius 3 is 2.50 bits per heavy atom. The van der Waals surface area contributed by atoms with Crippen LogP contribution in [0.15, 0.2) is 41.3 Å². The molecule has 1 aliphatic rings. The number of hydrogen-bond donors (Lipinski definition) is 1. The van der Waals surface area contributed by atoms with Gasteiger partial charge in [-0.2, -0.15) is 0 Å². The van der Waals surface area contributed by atoms with Crippen molar-refractivity contribution in [2.75, 3.05) is 25.1 Å². The van der Waals surface area contributed by atoms with Crippen molar-refractivity contribution in [1.82, 2.24) is 4.90 Å². The molecule has 0 spiro atoms. The van der Waals surface area contributed by atoms with Crippen molar-refractivity contribution in [2.45, 2.75) is 34.6 Å². The maximum atomic E-state index is 12.8. The zero-order valence-electron chi connectivity index (χ0n) is 20.1. The number of carbonyl (C=O) groups excluding carboxylic acids is 3. The van der Waals surface area contributed by atoms with E-state index in [0.29, 0.717) is 41.9 Å². The Morgan fingerprint density at radius 2 is 1.82 bits per heavy atom. The molecule has 2 aromatic rings. The van der Waals surface area contributed by atoms with E-state index in [0.717, 1.165) is 27.8 Å². The lowest BCUT2D eigenvalue weighted by Crippen LogP contribution is -2.36. The van der Waals surface area contributed by atoms with Crippen LogP contribution in [0.5, 0.6) is 11.5 Å². The molecular formula is C26H30N2O5S. The molecule has 0 aliphatic carbocycles. The van der Waals surface area contributed by atoms with Crippen LogP contribution in [0, 0.1) is 19.8 Å². The number of imide groups is 1.